The first-order valence-electron chi connectivity index (χ1n) is 13.1. The molecular weight excluding hydrogens is 517 g/mol. The van der Waals surface area contributed by atoms with Gasteiger partial charge in [-0.05, 0) is 29.1 Å². The van der Waals surface area contributed by atoms with Crippen molar-refractivity contribution in [2.45, 2.75) is 79.5 Å². The summed E-state index contributed by atoms with van der Waals surface area (Å²) in [7, 11) is 0. The van der Waals surface area contributed by atoms with Crippen LogP contribution in [-0.4, -0.2) is 76.8 Å². The molecule has 1 aliphatic carbocycles. The zero-order chi connectivity index (χ0) is 29.0. The van der Waals surface area contributed by atoms with Crippen LogP contribution in [0, 0.1) is 34.0 Å². The molecule has 3 aliphatic rings. The molecule has 0 aromatic heterocycles. The fourth-order valence-corrected chi connectivity index (χ4v) is 5.64. The van der Waals surface area contributed by atoms with E-state index in [0.717, 1.165) is 5.01 Å². The lowest BCUT2D eigenvalue weighted by Crippen LogP contribution is -2.62. The minimum Gasteiger partial charge on any atom is -0.356 e. The highest BCUT2D eigenvalue weighted by Crippen LogP contribution is 2.65. The van der Waals surface area contributed by atoms with Crippen LogP contribution in [-0.2, 0) is 24.0 Å². The molecule has 2 saturated heterocycles. The summed E-state index contributed by atoms with van der Waals surface area (Å²) in [4.78, 5) is 66.5. The number of alkyl halides is 2. The van der Waals surface area contributed by atoms with E-state index in [9.17, 15) is 28.4 Å². The van der Waals surface area contributed by atoms with Gasteiger partial charge >= 0.3 is 0 Å². The highest BCUT2D eigenvalue weighted by molar-refractivity contribution is 6.29. The fourth-order valence-electron chi connectivity index (χ4n) is 5.52. The first-order valence-corrected chi connectivity index (χ1v) is 13.5. The molecule has 0 bridgehead atoms. The van der Waals surface area contributed by atoms with Gasteiger partial charge < -0.3 is 15.5 Å². The lowest BCUT2D eigenvalue weighted by atomic mass is 9.84. The van der Waals surface area contributed by atoms with Crippen LogP contribution in [0.2, 0.25) is 0 Å². The Morgan fingerprint density at radius 3 is 2.26 bits per heavy atom. The number of nitrogens with zero attached hydrogens (tertiary/aromatic N) is 2. The molecule has 38 heavy (non-hydrogen) atoms. The Labute approximate surface area is 228 Å². The van der Waals surface area contributed by atoms with E-state index >= 15 is 0 Å². The van der Waals surface area contributed by atoms with E-state index in [1.165, 1.54) is 4.90 Å². The molecule has 2 heterocycles. The van der Waals surface area contributed by atoms with Crippen molar-refractivity contribution < 1.29 is 28.4 Å². The standard InChI is InChI=1S/C26H41ClFN5O5/c1-24(2,3)17(30-23(38)25(4,5)6)21(36)32-12-14-15(26(14,7)8)16(32)20(35)31-33(22(37)18(27)28)11-13-9-10-29-19(13)34/h13-18H,9-12H2,1-8H3,(H,29,34)(H,30,38)(H,31,35)/t13-,14-,15-,16-,17?,18?/m0/s1. The molecule has 12 heteroatoms. The second-order valence-electron chi connectivity index (χ2n) is 13.4. The SMILES string of the molecule is CC(C)(C)C(=O)NC(C(=O)N1C[C@H]2[C@@H]([C@H]1C(=O)NN(C[C@@H]1CCNC1=O)C(=O)C(F)Cl)C2(C)C)C(C)(C)C. The zero-order valence-corrected chi connectivity index (χ0v) is 24.2. The number of carbonyl (C=O) groups excluding carboxylic acids is 5. The molecular formula is C26H41ClFN5O5. The first kappa shape index (κ1) is 30.1. The van der Waals surface area contributed by atoms with Gasteiger partial charge in [0.05, 0.1) is 12.5 Å². The van der Waals surface area contributed by atoms with Gasteiger partial charge in [-0.25, -0.2) is 9.40 Å². The van der Waals surface area contributed by atoms with E-state index < -0.39 is 52.2 Å². The highest BCUT2D eigenvalue weighted by atomic mass is 35.5. The molecule has 3 rings (SSSR count). The third kappa shape index (κ3) is 5.92. The molecule has 3 fully saturated rings. The normalized spacial score (nSPS) is 27.6. The van der Waals surface area contributed by atoms with Crippen molar-refractivity contribution in [2.24, 2.45) is 34.0 Å². The number of likely N-dealkylation sites (tertiary alicyclic amines) is 1. The average molecular weight is 558 g/mol. The lowest BCUT2D eigenvalue weighted by molar-refractivity contribution is -0.151. The predicted octanol–water partition coefficient (Wildman–Crippen LogP) is 1.58. The average Bonchev–Trinajstić information content (AvgIpc) is 3.14. The van der Waals surface area contributed by atoms with Crippen molar-refractivity contribution in [2.75, 3.05) is 19.6 Å². The summed E-state index contributed by atoms with van der Waals surface area (Å²) >= 11 is 5.41. The van der Waals surface area contributed by atoms with Crippen LogP contribution in [0.25, 0.3) is 0 Å². The molecule has 0 aromatic carbocycles. The summed E-state index contributed by atoms with van der Waals surface area (Å²) in [5.41, 5.74) is -1.55. The van der Waals surface area contributed by atoms with Crippen LogP contribution in [0.5, 0.6) is 0 Å². The van der Waals surface area contributed by atoms with E-state index in [1.54, 1.807) is 20.8 Å². The number of fused-ring (bicyclic) bond motifs is 1. The molecule has 0 aromatic rings. The molecule has 2 aliphatic heterocycles. The van der Waals surface area contributed by atoms with Crippen LogP contribution < -0.4 is 16.1 Å². The van der Waals surface area contributed by atoms with Crippen molar-refractivity contribution in [1.82, 2.24) is 26.0 Å². The number of nitrogens with one attached hydrogen (secondary N) is 3. The molecule has 3 N–H and O–H groups in total. The van der Waals surface area contributed by atoms with E-state index in [2.05, 4.69) is 16.1 Å². The molecule has 10 nitrogen and oxygen atoms in total. The number of hydrogen-bond donors (Lipinski definition) is 3. The Morgan fingerprint density at radius 2 is 1.79 bits per heavy atom. The van der Waals surface area contributed by atoms with Gasteiger partial charge in [0, 0.05) is 18.5 Å². The van der Waals surface area contributed by atoms with E-state index in [1.807, 2.05) is 34.6 Å². The second-order valence-corrected chi connectivity index (χ2v) is 13.8. The molecule has 5 amide bonds. The van der Waals surface area contributed by atoms with Gasteiger partial charge in [-0.2, -0.15) is 0 Å². The summed E-state index contributed by atoms with van der Waals surface area (Å²) in [6, 6.07) is -1.84. The smallest absolute Gasteiger partial charge is 0.291 e. The minimum atomic E-state index is -2.41. The summed E-state index contributed by atoms with van der Waals surface area (Å²) < 4.78 is 13.8. The number of piperidine rings is 1. The van der Waals surface area contributed by atoms with Crippen molar-refractivity contribution in [3.05, 3.63) is 0 Å². The Kier molecular flexibility index (Phi) is 8.14. The summed E-state index contributed by atoms with van der Waals surface area (Å²) in [6.07, 6.45) is 0.421. The molecule has 214 valence electrons. The van der Waals surface area contributed by atoms with Gasteiger partial charge in [0.1, 0.15) is 12.1 Å². The van der Waals surface area contributed by atoms with Crippen LogP contribution in [0.1, 0.15) is 61.8 Å². The predicted molar refractivity (Wildman–Crippen MR) is 139 cm³/mol. The molecule has 6 atom stereocenters. The number of rotatable bonds is 6. The van der Waals surface area contributed by atoms with Gasteiger partial charge in [-0.3, -0.25) is 29.4 Å². The summed E-state index contributed by atoms with van der Waals surface area (Å²) in [5, 5.41) is 6.27. The van der Waals surface area contributed by atoms with Crippen LogP contribution in [0.4, 0.5) is 4.39 Å². The minimum absolute atomic E-state index is 0.0489. The van der Waals surface area contributed by atoms with Crippen molar-refractivity contribution in [1.29, 1.82) is 0 Å². The second kappa shape index (κ2) is 10.3. The van der Waals surface area contributed by atoms with Gasteiger partial charge in [0.15, 0.2) is 0 Å². The number of amides is 5. The van der Waals surface area contributed by atoms with Gasteiger partial charge in [0.2, 0.25) is 17.7 Å². The maximum absolute atomic E-state index is 13.9. The lowest BCUT2D eigenvalue weighted by Gasteiger charge is -2.39. The van der Waals surface area contributed by atoms with E-state index in [0.29, 0.717) is 19.5 Å². The van der Waals surface area contributed by atoms with Crippen LogP contribution >= 0.6 is 11.6 Å². The molecule has 0 radical (unpaired) electrons. The number of carbonyl (C=O) groups is 5. The van der Waals surface area contributed by atoms with Crippen LogP contribution in [0.15, 0.2) is 0 Å². The van der Waals surface area contributed by atoms with E-state index in [-0.39, 0.29) is 35.6 Å². The Balaban J connectivity index is 1.87. The van der Waals surface area contributed by atoms with Crippen molar-refractivity contribution >= 4 is 41.1 Å². The fraction of sp³-hybridized carbons (Fsp3) is 0.808. The monoisotopic (exact) mass is 557 g/mol. The molecule has 0 spiro atoms. The maximum atomic E-state index is 13.9. The van der Waals surface area contributed by atoms with Gasteiger partial charge in [-0.1, -0.05) is 67.0 Å². The van der Waals surface area contributed by atoms with Crippen LogP contribution in [0.3, 0.4) is 0 Å². The molecule has 1 saturated carbocycles. The Morgan fingerprint density at radius 1 is 1.18 bits per heavy atom. The number of halogens is 2. The van der Waals surface area contributed by atoms with Gasteiger partial charge in [-0.15, -0.1) is 0 Å². The maximum Gasteiger partial charge on any atom is 0.291 e. The Bertz CT molecular complexity index is 1000. The van der Waals surface area contributed by atoms with Gasteiger partial charge in [0.25, 0.3) is 17.4 Å². The number of hydrogen-bond acceptors (Lipinski definition) is 5. The topological polar surface area (TPSA) is 128 Å². The zero-order valence-electron chi connectivity index (χ0n) is 23.5. The van der Waals surface area contributed by atoms with E-state index in [4.69, 9.17) is 11.6 Å². The third-order valence-electron chi connectivity index (χ3n) is 8.09. The summed E-state index contributed by atoms with van der Waals surface area (Å²) in [6.45, 7) is 15.3. The largest absolute Gasteiger partial charge is 0.356 e. The highest BCUT2D eigenvalue weighted by Gasteiger charge is 2.70. The third-order valence-corrected chi connectivity index (χ3v) is 8.28. The summed E-state index contributed by atoms with van der Waals surface area (Å²) in [5.74, 6) is -3.60. The van der Waals surface area contributed by atoms with Crippen molar-refractivity contribution in [3.63, 3.8) is 0 Å². The first-order chi connectivity index (χ1) is 17.3. The molecule has 2 unspecified atom stereocenters. The Hall–Kier alpha value is -2.43. The van der Waals surface area contributed by atoms with Crippen molar-refractivity contribution in [3.8, 4) is 0 Å². The quantitative estimate of drug-likeness (QED) is 0.337. The number of hydrazine groups is 1.